The van der Waals surface area contributed by atoms with Crippen molar-refractivity contribution in [1.82, 2.24) is 10.2 Å². The molecule has 2 amide bonds. The molecule has 0 unspecified atom stereocenters. The number of carbonyl (C=O) groups excluding carboxylic acids is 1. The van der Waals surface area contributed by atoms with Crippen molar-refractivity contribution in [3.63, 3.8) is 0 Å². The highest BCUT2D eigenvalue weighted by atomic mass is 35.5. The van der Waals surface area contributed by atoms with Crippen LogP contribution in [-0.4, -0.2) is 36.0 Å². The van der Waals surface area contributed by atoms with E-state index in [2.05, 4.69) is 5.32 Å². The summed E-state index contributed by atoms with van der Waals surface area (Å²) in [6.45, 7) is 1.11. The third-order valence-corrected chi connectivity index (χ3v) is 4.08. The lowest BCUT2D eigenvalue weighted by molar-refractivity contribution is 0.173. The normalized spacial score (nSPS) is 12.1. The molecule has 0 radical (unpaired) electrons. The van der Waals surface area contributed by atoms with Crippen molar-refractivity contribution in [1.29, 1.82) is 0 Å². The highest BCUT2D eigenvalue weighted by Crippen LogP contribution is 2.32. The van der Waals surface area contributed by atoms with Crippen LogP contribution in [0.15, 0.2) is 42.5 Å². The van der Waals surface area contributed by atoms with Crippen LogP contribution >= 0.6 is 11.6 Å². The summed E-state index contributed by atoms with van der Waals surface area (Å²) in [5, 5.41) is 12.7. The summed E-state index contributed by atoms with van der Waals surface area (Å²) >= 11 is 5.88. The van der Waals surface area contributed by atoms with Gasteiger partial charge in [-0.05, 0) is 35.4 Å². The van der Waals surface area contributed by atoms with Gasteiger partial charge in [-0.2, -0.15) is 0 Å². The highest BCUT2D eigenvalue weighted by molar-refractivity contribution is 6.30. The second-order valence-corrected chi connectivity index (χ2v) is 6.05. The van der Waals surface area contributed by atoms with Gasteiger partial charge in [-0.1, -0.05) is 29.8 Å². The lowest BCUT2D eigenvalue weighted by Gasteiger charge is -2.22. The predicted octanol–water partition coefficient (Wildman–Crippen LogP) is 2.77. The van der Waals surface area contributed by atoms with E-state index >= 15 is 0 Å². The standard InChI is InChI=1S/C18H19ClN2O4/c19-15-4-1-13(2-5-15)11-21(7-8-22)18(23)20-10-14-3-6-16-17(9-14)25-12-24-16/h1-6,9,22H,7-8,10-12H2,(H,20,23). The quantitative estimate of drug-likeness (QED) is 0.829. The van der Waals surface area contributed by atoms with Crippen molar-refractivity contribution in [3.05, 3.63) is 58.6 Å². The lowest BCUT2D eigenvalue weighted by Crippen LogP contribution is -2.40. The summed E-state index contributed by atoms with van der Waals surface area (Å²) in [7, 11) is 0. The maximum absolute atomic E-state index is 12.4. The van der Waals surface area contributed by atoms with Crippen LogP contribution in [-0.2, 0) is 13.1 Å². The third-order valence-electron chi connectivity index (χ3n) is 3.82. The van der Waals surface area contributed by atoms with Crippen molar-refractivity contribution in [3.8, 4) is 11.5 Å². The largest absolute Gasteiger partial charge is 0.454 e. The number of halogens is 1. The summed E-state index contributed by atoms with van der Waals surface area (Å²) in [6, 6.07) is 12.6. The van der Waals surface area contributed by atoms with Crippen molar-refractivity contribution < 1.29 is 19.4 Å². The van der Waals surface area contributed by atoms with Crippen molar-refractivity contribution in [2.24, 2.45) is 0 Å². The van der Waals surface area contributed by atoms with Gasteiger partial charge >= 0.3 is 6.03 Å². The third kappa shape index (κ3) is 4.55. The molecular weight excluding hydrogens is 344 g/mol. The maximum atomic E-state index is 12.4. The fourth-order valence-corrected chi connectivity index (χ4v) is 2.65. The van der Waals surface area contributed by atoms with E-state index in [1.165, 1.54) is 0 Å². The van der Waals surface area contributed by atoms with Crippen molar-refractivity contribution in [2.75, 3.05) is 19.9 Å². The van der Waals surface area contributed by atoms with E-state index < -0.39 is 0 Å². The molecule has 3 rings (SSSR count). The van der Waals surface area contributed by atoms with Gasteiger partial charge in [-0.3, -0.25) is 0 Å². The zero-order valence-electron chi connectivity index (χ0n) is 13.6. The van der Waals surface area contributed by atoms with Gasteiger partial charge in [-0.15, -0.1) is 0 Å². The fourth-order valence-electron chi connectivity index (χ4n) is 2.52. The summed E-state index contributed by atoms with van der Waals surface area (Å²) in [6.07, 6.45) is 0. The molecule has 0 saturated carbocycles. The number of aliphatic hydroxyl groups excluding tert-OH is 1. The van der Waals surface area contributed by atoms with Crippen molar-refractivity contribution >= 4 is 17.6 Å². The first kappa shape index (κ1) is 17.4. The van der Waals surface area contributed by atoms with E-state index in [0.717, 1.165) is 11.1 Å². The number of nitrogens with zero attached hydrogens (tertiary/aromatic N) is 1. The first-order valence-corrected chi connectivity index (χ1v) is 8.30. The number of urea groups is 1. The SMILES string of the molecule is O=C(NCc1ccc2c(c1)OCO2)N(CCO)Cc1ccc(Cl)cc1. The molecule has 2 aromatic carbocycles. The first-order chi connectivity index (χ1) is 12.2. The Balaban J connectivity index is 1.59. The molecule has 0 spiro atoms. The molecule has 0 atom stereocenters. The zero-order chi connectivity index (χ0) is 17.6. The Kier molecular flexibility index (Phi) is 5.63. The van der Waals surface area contributed by atoms with Gasteiger partial charge in [-0.25, -0.2) is 4.79 Å². The van der Waals surface area contributed by atoms with E-state index in [0.29, 0.717) is 29.6 Å². The molecule has 0 bridgehead atoms. The second kappa shape index (κ2) is 8.09. The Morgan fingerprint density at radius 3 is 2.60 bits per heavy atom. The van der Waals surface area contributed by atoms with Crippen LogP contribution in [0.5, 0.6) is 11.5 Å². The first-order valence-electron chi connectivity index (χ1n) is 7.92. The number of benzene rings is 2. The lowest BCUT2D eigenvalue weighted by atomic mass is 10.2. The summed E-state index contributed by atoms with van der Waals surface area (Å²) in [5.74, 6) is 1.39. The van der Waals surface area contributed by atoms with Gasteiger partial charge in [0.2, 0.25) is 6.79 Å². The Labute approximate surface area is 150 Å². The van der Waals surface area contributed by atoms with Gasteiger partial charge in [0.1, 0.15) is 0 Å². The molecule has 25 heavy (non-hydrogen) atoms. The minimum absolute atomic E-state index is 0.106. The number of rotatable bonds is 6. The summed E-state index contributed by atoms with van der Waals surface area (Å²) in [5.41, 5.74) is 1.85. The number of carbonyl (C=O) groups is 1. The predicted molar refractivity (Wildman–Crippen MR) is 93.7 cm³/mol. The minimum atomic E-state index is -0.248. The number of amides is 2. The van der Waals surface area contributed by atoms with Crippen molar-refractivity contribution in [2.45, 2.75) is 13.1 Å². The van der Waals surface area contributed by atoms with Crippen LogP contribution in [0, 0.1) is 0 Å². The van der Waals surface area contributed by atoms with Crippen LogP contribution in [0.3, 0.4) is 0 Å². The van der Waals surface area contributed by atoms with E-state index in [1.807, 2.05) is 30.3 Å². The van der Waals surface area contributed by atoms with Crippen LogP contribution in [0.1, 0.15) is 11.1 Å². The number of hydrogen-bond donors (Lipinski definition) is 2. The Hall–Kier alpha value is -2.44. The smallest absolute Gasteiger partial charge is 0.318 e. The molecule has 7 heteroatoms. The van der Waals surface area contributed by atoms with Crippen LogP contribution < -0.4 is 14.8 Å². The van der Waals surface area contributed by atoms with Gasteiger partial charge in [0.25, 0.3) is 0 Å². The molecule has 2 N–H and O–H groups in total. The molecule has 1 aliphatic heterocycles. The van der Waals surface area contributed by atoms with Crippen LogP contribution in [0.4, 0.5) is 4.79 Å². The Bertz CT molecular complexity index is 736. The van der Waals surface area contributed by atoms with E-state index in [1.54, 1.807) is 17.0 Å². The maximum Gasteiger partial charge on any atom is 0.318 e. The average molecular weight is 363 g/mol. The number of aliphatic hydroxyl groups is 1. The van der Waals surface area contributed by atoms with Gasteiger partial charge in [0, 0.05) is 24.7 Å². The number of hydrogen-bond acceptors (Lipinski definition) is 4. The number of fused-ring (bicyclic) bond motifs is 1. The Morgan fingerprint density at radius 1 is 1.12 bits per heavy atom. The minimum Gasteiger partial charge on any atom is -0.454 e. The van der Waals surface area contributed by atoms with Gasteiger partial charge in [0.05, 0.1) is 6.61 Å². The Morgan fingerprint density at radius 2 is 1.84 bits per heavy atom. The zero-order valence-corrected chi connectivity index (χ0v) is 14.3. The molecule has 132 valence electrons. The number of ether oxygens (including phenoxy) is 2. The molecular formula is C18H19ClN2O4. The molecule has 6 nitrogen and oxygen atoms in total. The monoisotopic (exact) mass is 362 g/mol. The van der Waals surface area contributed by atoms with Crippen LogP contribution in [0.2, 0.25) is 5.02 Å². The van der Waals surface area contributed by atoms with E-state index in [-0.39, 0.29) is 26.0 Å². The molecule has 0 aromatic heterocycles. The molecule has 2 aromatic rings. The summed E-state index contributed by atoms with van der Waals surface area (Å²) < 4.78 is 10.6. The topological polar surface area (TPSA) is 71.0 Å². The molecule has 1 aliphatic rings. The number of nitrogens with one attached hydrogen (secondary N) is 1. The second-order valence-electron chi connectivity index (χ2n) is 5.62. The van der Waals surface area contributed by atoms with E-state index in [9.17, 15) is 9.90 Å². The van der Waals surface area contributed by atoms with Crippen LogP contribution in [0.25, 0.3) is 0 Å². The van der Waals surface area contributed by atoms with E-state index in [4.69, 9.17) is 21.1 Å². The van der Waals surface area contributed by atoms with Gasteiger partial charge in [0.15, 0.2) is 11.5 Å². The highest BCUT2D eigenvalue weighted by Gasteiger charge is 2.16. The fraction of sp³-hybridized carbons (Fsp3) is 0.278. The average Bonchev–Trinajstić information content (AvgIpc) is 3.09. The summed E-state index contributed by atoms with van der Waals surface area (Å²) in [4.78, 5) is 14.0. The molecule has 1 heterocycles. The molecule has 0 saturated heterocycles. The molecule has 0 fully saturated rings. The van der Waals surface area contributed by atoms with Gasteiger partial charge < -0.3 is 24.8 Å². The molecule has 0 aliphatic carbocycles.